The molecule has 6 heteroatoms. The Bertz CT molecular complexity index is 389. The minimum absolute atomic E-state index is 0.109. The zero-order valence-corrected chi connectivity index (χ0v) is 12.1. The van der Waals surface area contributed by atoms with E-state index in [-0.39, 0.29) is 17.1 Å². The number of thioether (sulfide) groups is 1. The number of amides is 1. The molecule has 0 fully saturated rings. The van der Waals surface area contributed by atoms with Gasteiger partial charge in [0.05, 0.1) is 5.56 Å². The number of aromatic nitrogens is 1. The molecule has 0 aliphatic carbocycles. The lowest BCUT2D eigenvalue weighted by molar-refractivity contribution is 0.0943. The molecular formula is C10H12BrClN2OS. The highest BCUT2D eigenvalue weighted by atomic mass is 79.9. The second-order valence-electron chi connectivity index (χ2n) is 3.32. The minimum atomic E-state index is -0.194. The Kier molecular flexibility index (Phi) is 5.58. The standard InChI is InChI=1S/C10H12BrClN2OS/c1-6(5-16-2)14-10(15)8-3-7(11)4-13-9(8)12/h3-4,6H,5H2,1-2H3,(H,14,15). The molecular weight excluding hydrogens is 312 g/mol. The normalized spacial score (nSPS) is 12.2. The molecule has 1 amide bonds. The van der Waals surface area contributed by atoms with Crippen LogP contribution in [-0.2, 0) is 0 Å². The Labute approximate surface area is 112 Å². The second-order valence-corrected chi connectivity index (χ2v) is 5.51. The van der Waals surface area contributed by atoms with E-state index in [1.807, 2.05) is 13.2 Å². The Morgan fingerprint density at radius 1 is 1.75 bits per heavy atom. The van der Waals surface area contributed by atoms with E-state index in [1.165, 1.54) is 0 Å². The number of halogens is 2. The van der Waals surface area contributed by atoms with Gasteiger partial charge in [-0.05, 0) is 35.2 Å². The van der Waals surface area contributed by atoms with Crippen molar-refractivity contribution in [3.8, 4) is 0 Å². The van der Waals surface area contributed by atoms with Gasteiger partial charge >= 0.3 is 0 Å². The van der Waals surface area contributed by atoms with Gasteiger partial charge in [-0.2, -0.15) is 11.8 Å². The molecule has 1 heterocycles. The van der Waals surface area contributed by atoms with Crippen LogP contribution in [0.15, 0.2) is 16.7 Å². The molecule has 1 rings (SSSR count). The highest BCUT2D eigenvalue weighted by Crippen LogP contribution is 2.18. The lowest BCUT2D eigenvalue weighted by Crippen LogP contribution is -2.34. The van der Waals surface area contributed by atoms with Crippen molar-refractivity contribution in [3.05, 3.63) is 27.5 Å². The average Bonchev–Trinajstić information content (AvgIpc) is 2.21. The summed E-state index contributed by atoms with van der Waals surface area (Å²) in [6.07, 6.45) is 3.56. The topological polar surface area (TPSA) is 42.0 Å². The monoisotopic (exact) mass is 322 g/mol. The molecule has 88 valence electrons. The van der Waals surface area contributed by atoms with Crippen molar-refractivity contribution in [1.29, 1.82) is 0 Å². The number of carbonyl (C=O) groups is 1. The van der Waals surface area contributed by atoms with Gasteiger partial charge in [0, 0.05) is 22.5 Å². The number of hydrogen-bond donors (Lipinski definition) is 1. The van der Waals surface area contributed by atoms with Crippen LogP contribution in [0, 0.1) is 0 Å². The van der Waals surface area contributed by atoms with Gasteiger partial charge in [0.2, 0.25) is 0 Å². The van der Waals surface area contributed by atoms with Crippen molar-refractivity contribution in [2.75, 3.05) is 12.0 Å². The van der Waals surface area contributed by atoms with Gasteiger partial charge in [0.25, 0.3) is 5.91 Å². The van der Waals surface area contributed by atoms with Crippen LogP contribution in [0.2, 0.25) is 5.15 Å². The highest BCUT2D eigenvalue weighted by molar-refractivity contribution is 9.10. The molecule has 0 radical (unpaired) electrons. The van der Waals surface area contributed by atoms with Gasteiger partial charge in [-0.3, -0.25) is 4.79 Å². The van der Waals surface area contributed by atoms with E-state index in [9.17, 15) is 4.79 Å². The third-order valence-corrected chi connectivity index (χ3v) is 3.41. The van der Waals surface area contributed by atoms with Crippen LogP contribution in [0.4, 0.5) is 0 Å². The molecule has 16 heavy (non-hydrogen) atoms. The fraction of sp³-hybridized carbons (Fsp3) is 0.400. The van der Waals surface area contributed by atoms with Crippen LogP contribution in [0.3, 0.4) is 0 Å². The number of nitrogens with one attached hydrogen (secondary N) is 1. The first-order valence-electron chi connectivity index (χ1n) is 4.65. The summed E-state index contributed by atoms with van der Waals surface area (Å²) in [5.74, 6) is 0.672. The maximum Gasteiger partial charge on any atom is 0.254 e. The summed E-state index contributed by atoms with van der Waals surface area (Å²) < 4.78 is 0.736. The van der Waals surface area contributed by atoms with Crippen molar-refractivity contribution in [2.45, 2.75) is 13.0 Å². The van der Waals surface area contributed by atoms with Gasteiger partial charge in [-0.1, -0.05) is 11.6 Å². The molecule has 1 unspecified atom stereocenters. The third-order valence-electron chi connectivity index (χ3n) is 1.84. The van der Waals surface area contributed by atoms with Crippen LogP contribution in [0.5, 0.6) is 0 Å². The molecule has 0 bridgehead atoms. The van der Waals surface area contributed by atoms with Gasteiger partial charge < -0.3 is 5.32 Å². The van der Waals surface area contributed by atoms with E-state index in [2.05, 4.69) is 26.2 Å². The van der Waals surface area contributed by atoms with Crippen molar-refractivity contribution >= 4 is 45.2 Å². The summed E-state index contributed by atoms with van der Waals surface area (Å²) in [6.45, 7) is 1.95. The molecule has 1 aromatic rings. The quantitative estimate of drug-likeness (QED) is 0.866. The van der Waals surface area contributed by atoms with E-state index in [0.29, 0.717) is 5.56 Å². The molecule has 0 saturated heterocycles. The number of carbonyl (C=O) groups excluding carboxylic acids is 1. The van der Waals surface area contributed by atoms with Crippen molar-refractivity contribution in [1.82, 2.24) is 10.3 Å². The summed E-state index contributed by atoms with van der Waals surface area (Å²) in [4.78, 5) is 15.7. The molecule has 0 spiro atoms. The summed E-state index contributed by atoms with van der Waals surface area (Å²) in [5.41, 5.74) is 0.393. The highest BCUT2D eigenvalue weighted by Gasteiger charge is 2.14. The summed E-state index contributed by atoms with van der Waals surface area (Å²) in [7, 11) is 0. The molecule has 3 nitrogen and oxygen atoms in total. The maximum atomic E-state index is 11.8. The SMILES string of the molecule is CSCC(C)NC(=O)c1cc(Br)cnc1Cl. The van der Waals surface area contributed by atoms with Gasteiger partial charge in [-0.25, -0.2) is 4.98 Å². The second kappa shape index (κ2) is 6.47. The molecule has 1 N–H and O–H groups in total. The molecule has 0 aromatic carbocycles. The zero-order valence-electron chi connectivity index (χ0n) is 8.96. The fourth-order valence-corrected chi connectivity index (χ4v) is 2.28. The first-order chi connectivity index (χ1) is 7.54. The van der Waals surface area contributed by atoms with Crippen LogP contribution in [-0.4, -0.2) is 28.9 Å². The van der Waals surface area contributed by atoms with E-state index in [4.69, 9.17) is 11.6 Å². The molecule has 0 aliphatic rings. The number of pyridine rings is 1. The lowest BCUT2D eigenvalue weighted by Gasteiger charge is -2.12. The third kappa shape index (κ3) is 3.96. The van der Waals surface area contributed by atoms with E-state index >= 15 is 0 Å². The van der Waals surface area contributed by atoms with Crippen molar-refractivity contribution in [2.24, 2.45) is 0 Å². The van der Waals surface area contributed by atoms with Crippen molar-refractivity contribution < 1.29 is 4.79 Å². The smallest absolute Gasteiger partial charge is 0.254 e. The Balaban J connectivity index is 2.76. The predicted molar refractivity (Wildman–Crippen MR) is 72.3 cm³/mol. The average molecular weight is 324 g/mol. The lowest BCUT2D eigenvalue weighted by atomic mass is 10.2. The molecule has 1 atom stereocenters. The van der Waals surface area contributed by atoms with E-state index in [0.717, 1.165) is 10.2 Å². The first kappa shape index (κ1) is 13.8. The maximum absolute atomic E-state index is 11.8. The molecule has 0 saturated carbocycles. The molecule has 1 aromatic heterocycles. The fourth-order valence-electron chi connectivity index (χ4n) is 1.18. The minimum Gasteiger partial charge on any atom is -0.349 e. The molecule has 0 aliphatic heterocycles. The first-order valence-corrected chi connectivity index (χ1v) is 7.22. The number of rotatable bonds is 4. The summed E-state index contributed by atoms with van der Waals surface area (Å²) >= 11 is 10.8. The van der Waals surface area contributed by atoms with E-state index < -0.39 is 0 Å². The van der Waals surface area contributed by atoms with Crippen LogP contribution >= 0.6 is 39.3 Å². The predicted octanol–water partition coefficient (Wildman–Crippen LogP) is 2.98. The Morgan fingerprint density at radius 3 is 3.06 bits per heavy atom. The van der Waals surface area contributed by atoms with Gasteiger partial charge in [0.15, 0.2) is 0 Å². The van der Waals surface area contributed by atoms with E-state index in [1.54, 1.807) is 24.0 Å². The van der Waals surface area contributed by atoms with Crippen LogP contribution in [0.25, 0.3) is 0 Å². The number of hydrogen-bond acceptors (Lipinski definition) is 3. The summed E-state index contributed by atoms with van der Waals surface area (Å²) in [5, 5.41) is 3.08. The van der Waals surface area contributed by atoms with Crippen LogP contribution in [0.1, 0.15) is 17.3 Å². The van der Waals surface area contributed by atoms with Crippen LogP contribution < -0.4 is 5.32 Å². The van der Waals surface area contributed by atoms with Gasteiger partial charge in [-0.15, -0.1) is 0 Å². The number of nitrogens with zero attached hydrogens (tertiary/aromatic N) is 1. The Hall–Kier alpha value is -0.260. The van der Waals surface area contributed by atoms with Gasteiger partial charge in [0.1, 0.15) is 5.15 Å². The Morgan fingerprint density at radius 2 is 2.44 bits per heavy atom. The summed E-state index contributed by atoms with van der Waals surface area (Å²) in [6, 6.07) is 1.77. The zero-order chi connectivity index (χ0) is 12.1. The largest absolute Gasteiger partial charge is 0.349 e. The van der Waals surface area contributed by atoms with Crippen molar-refractivity contribution in [3.63, 3.8) is 0 Å².